The van der Waals surface area contributed by atoms with Crippen LogP contribution in [0, 0.1) is 0 Å². The molecule has 0 amide bonds. The average Bonchev–Trinajstić information content (AvgIpc) is 2.54. The summed E-state index contributed by atoms with van der Waals surface area (Å²) in [5.41, 5.74) is -0.240. The molecule has 2 aromatic carbocycles. The Morgan fingerprint density at radius 2 is 1.83 bits per heavy atom. The maximum atomic E-state index is 12.5. The van der Waals surface area contributed by atoms with Crippen molar-refractivity contribution in [3.63, 3.8) is 0 Å². The summed E-state index contributed by atoms with van der Waals surface area (Å²) in [6, 6.07) is 9.13. The van der Waals surface area contributed by atoms with Crippen molar-refractivity contribution in [2.75, 3.05) is 11.8 Å². The van der Waals surface area contributed by atoms with E-state index in [1.807, 2.05) is 0 Å². The second-order valence-electron chi connectivity index (χ2n) is 4.59. The van der Waals surface area contributed by atoms with Crippen LogP contribution in [0.2, 0.25) is 5.02 Å². The number of carbonyl (C=O) groups excluding carboxylic acids is 1. The van der Waals surface area contributed by atoms with Gasteiger partial charge in [0.15, 0.2) is 0 Å². The van der Waals surface area contributed by atoms with Crippen molar-refractivity contribution < 1.29 is 27.9 Å². The number of sulfonamides is 1. The molecule has 0 aromatic heterocycles. The third-order valence-electron chi connectivity index (χ3n) is 3.04. The van der Waals surface area contributed by atoms with Gasteiger partial charge in [0.2, 0.25) is 0 Å². The zero-order valence-electron chi connectivity index (χ0n) is 12.3. The maximum Gasteiger partial charge on any atom is 0.339 e. The molecular formula is C15H12ClNO6S. The van der Waals surface area contributed by atoms with Gasteiger partial charge < -0.3 is 9.84 Å². The van der Waals surface area contributed by atoms with Crippen molar-refractivity contribution in [2.24, 2.45) is 0 Å². The molecule has 0 aliphatic rings. The Labute approximate surface area is 142 Å². The minimum absolute atomic E-state index is 0.00841. The first-order valence-electron chi connectivity index (χ1n) is 6.49. The molecule has 2 rings (SSSR count). The van der Waals surface area contributed by atoms with Gasteiger partial charge in [0.1, 0.15) is 4.90 Å². The molecule has 0 radical (unpaired) electrons. The Kier molecular flexibility index (Phi) is 5.10. The lowest BCUT2D eigenvalue weighted by atomic mass is 10.2. The van der Waals surface area contributed by atoms with E-state index in [-0.39, 0.29) is 21.8 Å². The van der Waals surface area contributed by atoms with E-state index in [0.717, 1.165) is 6.07 Å². The quantitative estimate of drug-likeness (QED) is 0.784. The van der Waals surface area contributed by atoms with E-state index in [1.54, 1.807) is 6.07 Å². The normalized spacial score (nSPS) is 10.9. The van der Waals surface area contributed by atoms with Crippen LogP contribution in [0.4, 0.5) is 5.69 Å². The topological polar surface area (TPSA) is 110 Å². The van der Waals surface area contributed by atoms with Crippen molar-refractivity contribution >= 4 is 39.3 Å². The molecule has 7 nitrogen and oxygen atoms in total. The minimum atomic E-state index is -4.22. The van der Waals surface area contributed by atoms with Gasteiger partial charge in [-0.1, -0.05) is 23.7 Å². The fourth-order valence-corrected chi connectivity index (χ4v) is 3.51. The van der Waals surface area contributed by atoms with E-state index < -0.39 is 26.9 Å². The predicted molar refractivity (Wildman–Crippen MR) is 87.0 cm³/mol. The molecular weight excluding hydrogens is 358 g/mol. The van der Waals surface area contributed by atoms with Gasteiger partial charge in [0, 0.05) is 0 Å². The Bertz CT molecular complexity index is 910. The number of hydrogen-bond acceptors (Lipinski definition) is 5. The van der Waals surface area contributed by atoms with E-state index in [1.165, 1.54) is 37.4 Å². The van der Waals surface area contributed by atoms with Crippen LogP contribution in [-0.2, 0) is 14.8 Å². The number of nitrogens with one attached hydrogen (secondary N) is 1. The Morgan fingerprint density at radius 1 is 1.17 bits per heavy atom. The average molecular weight is 370 g/mol. The van der Waals surface area contributed by atoms with Gasteiger partial charge in [-0.15, -0.1) is 0 Å². The SMILES string of the molecule is COC(=O)c1ccccc1NS(=O)(=O)c1cc(C(=O)O)ccc1Cl. The second kappa shape index (κ2) is 6.90. The third kappa shape index (κ3) is 3.66. The monoisotopic (exact) mass is 369 g/mol. The highest BCUT2D eigenvalue weighted by molar-refractivity contribution is 7.92. The highest BCUT2D eigenvalue weighted by atomic mass is 35.5. The van der Waals surface area contributed by atoms with Crippen LogP contribution in [0.5, 0.6) is 0 Å². The number of esters is 1. The van der Waals surface area contributed by atoms with Gasteiger partial charge in [0.05, 0.1) is 28.9 Å². The predicted octanol–water partition coefficient (Wildman–Crippen LogP) is 2.63. The summed E-state index contributed by atoms with van der Waals surface area (Å²) in [6.07, 6.45) is 0. The summed E-state index contributed by atoms with van der Waals surface area (Å²) < 4.78 is 31.9. The first-order chi connectivity index (χ1) is 11.3. The van der Waals surface area contributed by atoms with Gasteiger partial charge in [-0.3, -0.25) is 4.72 Å². The molecule has 0 fully saturated rings. The number of carboxylic acid groups (broad SMARTS) is 1. The molecule has 0 spiro atoms. The van der Waals surface area contributed by atoms with Crippen molar-refractivity contribution in [1.29, 1.82) is 0 Å². The molecule has 24 heavy (non-hydrogen) atoms. The lowest BCUT2D eigenvalue weighted by Gasteiger charge is -2.12. The van der Waals surface area contributed by atoms with Gasteiger partial charge >= 0.3 is 11.9 Å². The number of ether oxygens (including phenoxy) is 1. The van der Waals surface area contributed by atoms with Crippen LogP contribution in [0.15, 0.2) is 47.4 Å². The number of halogens is 1. The van der Waals surface area contributed by atoms with Crippen LogP contribution >= 0.6 is 11.6 Å². The lowest BCUT2D eigenvalue weighted by Crippen LogP contribution is -2.17. The van der Waals surface area contributed by atoms with E-state index in [0.29, 0.717) is 0 Å². The third-order valence-corrected chi connectivity index (χ3v) is 4.89. The summed E-state index contributed by atoms with van der Waals surface area (Å²) in [7, 11) is -3.05. The summed E-state index contributed by atoms with van der Waals surface area (Å²) in [6.45, 7) is 0. The van der Waals surface area contributed by atoms with Gasteiger partial charge in [0.25, 0.3) is 10.0 Å². The molecule has 0 atom stereocenters. The lowest BCUT2D eigenvalue weighted by molar-refractivity contribution is 0.0601. The Morgan fingerprint density at radius 3 is 2.46 bits per heavy atom. The van der Waals surface area contributed by atoms with Crippen LogP contribution in [0.1, 0.15) is 20.7 Å². The van der Waals surface area contributed by atoms with Gasteiger partial charge in [-0.25, -0.2) is 18.0 Å². The van der Waals surface area contributed by atoms with E-state index in [4.69, 9.17) is 16.7 Å². The molecule has 9 heteroatoms. The number of benzene rings is 2. The Balaban J connectivity index is 2.49. The maximum absolute atomic E-state index is 12.5. The number of methoxy groups -OCH3 is 1. The Hall–Kier alpha value is -2.58. The van der Waals surface area contributed by atoms with Crippen LogP contribution < -0.4 is 4.72 Å². The second-order valence-corrected chi connectivity index (χ2v) is 6.65. The van der Waals surface area contributed by atoms with E-state index in [2.05, 4.69) is 9.46 Å². The highest BCUT2D eigenvalue weighted by Gasteiger charge is 2.22. The number of anilines is 1. The smallest absolute Gasteiger partial charge is 0.339 e. The molecule has 0 aliphatic carbocycles. The number of aromatic carboxylic acids is 1. The number of carboxylic acids is 1. The molecule has 2 aromatic rings. The molecule has 0 unspecified atom stereocenters. The molecule has 126 valence electrons. The number of hydrogen-bond donors (Lipinski definition) is 2. The molecule has 0 aliphatic heterocycles. The summed E-state index contributed by atoms with van der Waals surface area (Å²) in [5.74, 6) is -2.02. The zero-order chi connectivity index (χ0) is 17.9. The first kappa shape index (κ1) is 17.8. The fourth-order valence-electron chi connectivity index (χ4n) is 1.90. The number of para-hydroxylation sites is 1. The van der Waals surface area contributed by atoms with Crippen molar-refractivity contribution in [1.82, 2.24) is 0 Å². The highest BCUT2D eigenvalue weighted by Crippen LogP contribution is 2.26. The molecule has 0 saturated heterocycles. The number of rotatable bonds is 5. The van der Waals surface area contributed by atoms with Gasteiger partial charge in [-0.05, 0) is 30.3 Å². The van der Waals surface area contributed by atoms with Crippen LogP contribution in [-0.4, -0.2) is 32.6 Å². The van der Waals surface area contributed by atoms with Gasteiger partial charge in [-0.2, -0.15) is 0 Å². The van der Waals surface area contributed by atoms with Crippen molar-refractivity contribution in [3.8, 4) is 0 Å². The van der Waals surface area contributed by atoms with Crippen molar-refractivity contribution in [2.45, 2.75) is 4.90 Å². The van der Waals surface area contributed by atoms with Crippen molar-refractivity contribution in [3.05, 3.63) is 58.6 Å². The summed E-state index contributed by atoms with van der Waals surface area (Å²) in [4.78, 5) is 22.3. The van der Waals surface area contributed by atoms with E-state index in [9.17, 15) is 18.0 Å². The first-order valence-corrected chi connectivity index (χ1v) is 8.35. The largest absolute Gasteiger partial charge is 0.478 e. The van der Waals surface area contributed by atoms with Crippen LogP contribution in [0.25, 0.3) is 0 Å². The molecule has 0 bridgehead atoms. The minimum Gasteiger partial charge on any atom is -0.478 e. The van der Waals surface area contributed by atoms with Crippen LogP contribution in [0.3, 0.4) is 0 Å². The summed E-state index contributed by atoms with van der Waals surface area (Å²) >= 11 is 5.88. The fraction of sp³-hybridized carbons (Fsp3) is 0.0667. The molecule has 0 saturated carbocycles. The molecule has 0 heterocycles. The zero-order valence-corrected chi connectivity index (χ0v) is 13.9. The standard InChI is InChI=1S/C15H12ClNO6S/c1-23-15(20)10-4-2-3-5-12(10)17-24(21,22)13-8-9(14(18)19)6-7-11(13)16/h2-8,17H,1H3,(H,18,19). The molecule has 2 N–H and O–H groups in total. The van der Waals surface area contributed by atoms with E-state index >= 15 is 0 Å². The number of carbonyl (C=O) groups is 2. The summed E-state index contributed by atoms with van der Waals surface area (Å²) in [5, 5.41) is 8.83.